The number of ether oxygens (including phenoxy) is 1. The van der Waals surface area contributed by atoms with Crippen LogP contribution in [0.4, 0.5) is 0 Å². The van der Waals surface area contributed by atoms with Crippen LogP contribution in [0.2, 0.25) is 5.15 Å². The minimum Gasteiger partial charge on any atom is -0.494 e. The first kappa shape index (κ1) is 26.2. The molecule has 38 heavy (non-hydrogen) atoms. The van der Waals surface area contributed by atoms with E-state index < -0.39 is 10.0 Å². The van der Waals surface area contributed by atoms with Crippen LogP contribution in [0.3, 0.4) is 0 Å². The molecule has 0 atom stereocenters. The molecular formula is C30H30ClN3O3S. The molecule has 0 N–H and O–H groups in total. The van der Waals surface area contributed by atoms with Gasteiger partial charge in [-0.2, -0.15) is 0 Å². The van der Waals surface area contributed by atoms with E-state index in [1.165, 1.54) is 3.97 Å². The van der Waals surface area contributed by atoms with Crippen LogP contribution in [0, 0.1) is 0 Å². The molecule has 0 saturated carbocycles. The zero-order valence-corrected chi connectivity index (χ0v) is 23.0. The van der Waals surface area contributed by atoms with Crippen LogP contribution >= 0.6 is 11.6 Å². The van der Waals surface area contributed by atoms with Crippen molar-refractivity contribution < 1.29 is 13.2 Å². The molecule has 0 aliphatic rings. The van der Waals surface area contributed by atoms with Crippen molar-refractivity contribution in [1.29, 1.82) is 0 Å². The van der Waals surface area contributed by atoms with Crippen LogP contribution in [-0.2, 0) is 10.0 Å². The molecule has 2 aromatic heterocycles. The highest BCUT2D eigenvalue weighted by Gasteiger charge is 2.24. The summed E-state index contributed by atoms with van der Waals surface area (Å²) in [5.74, 6) is 0.832. The average molecular weight is 548 g/mol. The van der Waals surface area contributed by atoms with Gasteiger partial charge in [0.2, 0.25) is 0 Å². The van der Waals surface area contributed by atoms with Crippen molar-refractivity contribution in [2.75, 3.05) is 26.2 Å². The minimum atomic E-state index is -3.89. The van der Waals surface area contributed by atoms with E-state index in [-0.39, 0.29) is 10.0 Å². The number of aromatic nitrogens is 2. The first-order valence-electron chi connectivity index (χ1n) is 12.8. The van der Waals surface area contributed by atoms with Gasteiger partial charge in [0.15, 0.2) is 5.65 Å². The molecule has 5 aromatic rings. The van der Waals surface area contributed by atoms with E-state index in [9.17, 15) is 8.42 Å². The Morgan fingerprint density at radius 2 is 1.58 bits per heavy atom. The van der Waals surface area contributed by atoms with Gasteiger partial charge in [0, 0.05) is 17.3 Å². The quantitative estimate of drug-likeness (QED) is 0.141. The van der Waals surface area contributed by atoms with Gasteiger partial charge < -0.3 is 9.64 Å². The second kappa shape index (κ2) is 11.2. The second-order valence-corrected chi connectivity index (χ2v) is 11.2. The fraction of sp³-hybridized carbons (Fsp3) is 0.233. The van der Waals surface area contributed by atoms with Crippen LogP contribution < -0.4 is 4.74 Å². The van der Waals surface area contributed by atoms with Crippen molar-refractivity contribution in [3.8, 4) is 16.9 Å². The zero-order valence-electron chi connectivity index (χ0n) is 21.5. The van der Waals surface area contributed by atoms with Gasteiger partial charge in [0.05, 0.1) is 17.0 Å². The maximum atomic E-state index is 13.7. The minimum absolute atomic E-state index is 0.192. The molecular weight excluding hydrogens is 518 g/mol. The maximum Gasteiger partial charge on any atom is 0.269 e. The molecule has 0 spiro atoms. The lowest BCUT2D eigenvalue weighted by Crippen LogP contribution is -2.25. The largest absolute Gasteiger partial charge is 0.494 e. The van der Waals surface area contributed by atoms with Gasteiger partial charge in [-0.3, -0.25) is 0 Å². The molecule has 196 valence electrons. The fourth-order valence-electron chi connectivity index (χ4n) is 4.72. The summed E-state index contributed by atoms with van der Waals surface area (Å²) in [6, 6.07) is 25.6. The number of nitrogens with zero attached hydrogens (tertiary/aromatic N) is 3. The monoisotopic (exact) mass is 547 g/mol. The van der Waals surface area contributed by atoms with Crippen molar-refractivity contribution in [2.45, 2.75) is 25.2 Å². The summed E-state index contributed by atoms with van der Waals surface area (Å²) >= 11 is 6.20. The summed E-state index contributed by atoms with van der Waals surface area (Å²) in [6.45, 7) is 8.15. The molecule has 5 rings (SSSR count). The summed E-state index contributed by atoms with van der Waals surface area (Å²) in [4.78, 5) is 6.98. The molecule has 0 amide bonds. The fourth-order valence-corrected chi connectivity index (χ4v) is 6.36. The van der Waals surface area contributed by atoms with Crippen LogP contribution in [0.15, 0.2) is 89.8 Å². The lowest BCUT2D eigenvalue weighted by molar-refractivity contribution is 0.249. The molecule has 0 saturated heterocycles. The van der Waals surface area contributed by atoms with E-state index in [4.69, 9.17) is 16.3 Å². The third kappa shape index (κ3) is 5.14. The molecule has 2 heterocycles. The molecule has 0 bridgehead atoms. The standard InChI is InChI=1S/C30H30ClN3O3S/c1-3-33(4-2)19-8-20-37-24-14-11-22(12-15-24)23-13-17-28-27(21-23)26-16-18-29(31)32-30(26)34(28)38(35,36)25-9-6-5-7-10-25/h5-7,9-18,21H,3-4,8,19-20H2,1-2H3. The number of rotatable bonds is 10. The summed E-state index contributed by atoms with van der Waals surface area (Å²) < 4.78 is 34.6. The highest BCUT2D eigenvalue weighted by Crippen LogP contribution is 2.35. The van der Waals surface area contributed by atoms with E-state index in [1.807, 2.05) is 48.5 Å². The van der Waals surface area contributed by atoms with Gasteiger partial charge in [-0.05, 0) is 79.2 Å². The Bertz CT molecular complexity index is 1660. The van der Waals surface area contributed by atoms with Crippen molar-refractivity contribution >= 4 is 43.6 Å². The van der Waals surface area contributed by atoms with Gasteiger partial charge in [0.1, 0.15) is 10.9 Å². The van der Waals surface area contributed by atoms with Crippen molar-refractivity contribution in [1.82, 2.24) is 13.9 Å². The SMILES string of the molecule is CCN(CC)CCCOc1ccc(-c2ccc3c(c2)c2ccc(Cl)nc2n3S(=O)(=O)c2ccccc2)cc1. The average Bonchev–Trinajstić information content (AvgIpc) is 3.27. The predicted molar refractivity (Wildman–Crippen MR) is 155 cm³/mol. The normalized spacial score (nSPS) is 12.0. The molecule has 8 heteroatoms. The van der Waals surface area contributed by atoms with Crippen molar-refractivity contribution in [3.63, 3.8) is 0 Å². The van der Waals surface area contributed by atoms with Crippen LogP contribution in [-0.4, -0.2) is 48.5 Å². The van der Waals surface area contributed by atoms with E-state index >= 15 is 0 Å². The van der Waals surface area contributed by atoms with Crippen LogP contribution in [0.5, 0.6) is 5.75 Å². The number of hydrogen-bond acceptors (Lipinski definition) is 5. The Kier molecular flexibility index (Phi) is 7.70. The highest BCUT2D eigenvalue weighted by molar-refractivity contribution is 7.90. The van der Waals surface area contributed by atoms with Crippen LogP contribution in [0.25, 0.3) is 33.1 Å². The zero-order chi connectivity index (χ0) is 26.7. The summed E-state index contributed by atoms with van der Waals surface area (Å²) in [7, 11) is -3.89. The van der Waals surface area contributed by atoms with Gasteiger partial charge >= 0.3 is 0 Å². The number of fused-ring (bicyclic) bond motifs is 3. The lowest BCUT2D eigenvalue weighted by atomic mass is 10.0. The number of benzene rings is 3. The molecule has 0 aliphatic heterocycles. The van der Waals surface area contributed by atoms with Gasteiger partial charge in [-0.1, -0.05) is 61.8 Å². The van der Waals surface area contributed by atoms with Gasteiger partial charge in [-0.15, -0.1) is 0 Å². The Labute approximate surface area is 228 Å². The van der Waals surface area contributed by atoms with Crippen LogP contribution in [0.1, 0.15) is 20.3 Å². The molecule has 6 nitrogen and oxygen atoms in total. The molecule has 3 aromatic carbocycles. The smallest absolute Gasteiger partial charge is 0.269 e. The van der Waals surface area contributed by atoms with E-state index in [0.717, 1.165) is 53.7 Å². The van der Waals surface area contributed by atoms with E-state index in [0.29, 0.717) is 17.8 Å². The molecule has 0 fully saturated rings. The second-order valence-electron chi connectivity index (χ2n) is 9.07. The first-order chi connectivity index (χ1) is 18.4. The summed E-state index contributed by atoms with van der Waals surface area (Å²) in [5, 5.41) is 1.74. The third-order valence-corrected chi connectivity index (χ3v) is 8.72. The Morgan fingerprint density at radius 3 is 2.29 bits per heavy atom. The number of halogens is 1. The Hall–Kier alpha value is -3.39. The summed E-state index contributed by atoms with van der Waals surface area (Å²) in [5.41, 5.74) is 2.84. The van der Waals surface area contributed by atoms with E-state index in [2.05, 4.69) is 23.7 Å². The highest BCUT2D eigenvalue weighted by atomic mass is 35.5. The molecule has 0 radical (unpaired) electrons. The molecule has 0 unspecified atom stereocenters. The Morgan fingerprint density at radius 1 is 0.868 bits per heavy atom. The van der Waals surface area contributed by atoms with Crippen molar-refractivity contribution in [2.24, 2.45) is 0 Å². The van der Waals surface area contributed by atoms with E-state index in [1.54, 1.807) is 36.4 Å². The third-order valence-electron chi connectivity index (χ3n) is 6.79. The van der Waals surface area contributed by atoms with Crippen molar-refractivity contribution in [3.05, 3.63) is 90.1 Å². The van der Waals surface area contributed by atoms with Gasteiger partial charge in [-0.25, -0.2) is 17.4 Å². The topological polar surface area (TPSA) is 64.4 Å². The number of pyridine rings is 1. The Balaban J connectivity index is 1.47. The lowest BCUT2D eigenvalue weighted by Gasteiger charge is -2.17. The number of hydrogen-bond donors (Lipinski definition) is 0. The first-order valence-corrected chi connectivity index (χ1v) is 14.6. The summed E-state index contributed by atoms with van der Waals surface area (Å²) in [6.07, 6.45) is 0.980. The predicted octanol–water partition coefficient (Wildman–Crippen LogP) is 6.86. The molecule has 0 aliphatic carbocycles. The maximum absolute atomic E-state index is 13.7. The van der Waals surface area contributed by atoms with Gasteiger partial charge in [0.25, 0.3) is 10.0 Å².